The van der Waals surface area contributed by atoms with Crippen molar-refractivity contribution in [2.24, 2.45) is 5.92 Å². The molecule has 110 valence electrons. The maximum Gasteiger partial charge on any atom is 0.325 e. The van der Waals surface area contributed by atoms with Gasteiger partial charge in [-0.3, -0.25) is 9.69 Å². The average molecular weight is 290 g/mol. The van der Waals surface area contributed by atoms with Gasteiger partial charge in [-0.15, -0.1) is 0 Å². The summed E-state index contributed by atoms with van der Waals surface area (Å²) in [5.41, 5.74) is 0.669. The zero-order chi connectivity index (χ0) is 15.0. The summed E-state index contributed by atoms with van der Waals surface area (Å²) >= 11 is 0. The Hall–Kier alpha value is -2.64. The molecule has 0 saturated carbocycles. The number of nitrogens with zero attached hydrogens (tertiary/aromatic N) is 3. The first-order valence-corrected chi connectivity index (χ1v) is 6.53. The first-order valence-electron chi connectivity index (χ1n) is 6.53. The van der Waals surface area contributed by atoms with E-state index in [9.17, 15) is 9.59 Å². The van der Waals surface area contributed by atoms with Gasteiger partial charge in [-0.05, 0) is 12.0 Å². The molecular weight excluding hydrogens is 276 g/mol. The molecule has 3 rings (SSSR count). The van der Waals surface area contributed by atoms with Gasteiger partial charge < -0.3 is 14.3 Å². The fourth-order valence-corrected chi connectivity index (χ4v) is 2.11. The van der Waals surface area contributed by atoms with Crippen molar-refractivity contribution in [1.82, 2.24) is 20.4 Å². The minimum absolute atomic E-state index is 0.0237. The second-order valence-electron chi connectivity index (χ2n) is 5.12. The van der Waals surface area contributed by atoms with Crippen molar-refractivity contribution >= 4 is 11.9 Å². The third-order valence-electron chi connectivity index (χ3n) is 3.26. The van der Waals surface area contributed by atoms with Gasteiger partial charge in [-0.2, -0.15) is 4.98 Å². The summed E-state index contributed by atoms with van der Waals surface area (Å²) in [6.07, 6.45) is 2.98. The number of rotatable bonds is 4. The van der Waals surface area contributed by atoms with E-state index < -0.39 is 12.1 Å². The van der Waals surface area contributed by atoms with Gasteiger partial charge in [0.15, 0.2) is 0 Å². The Morgan fingerprint density at radius 2 is 2.24 bits per heavy atom. The normalized spacial score (nSPS) is 18.6. The van der Waals surface area contributed by atoms with Crippen molar-refractivity contribution < 1.29 is 18.5 Å². The van der Waals surface area contributed by atoms with Crippen LogP contribution in [0.15, 0.2) is 27.5 Å². The third-order valence-corrected chi connectivity index (χ3v) is 3.26. The summed E-state index contributed by atoms with van der Waals surface area (Å²) in [6, 6.07) is 0.743. The van der Waals surface area contributed by atoms with Gasteiger partial charge >= 0.3 is 6.03 Å². The van der Waals surface area contributed by atoms with Crippen molar-refractivity contribution in [3.63, 3.8) is 0 Å². The molecule has 21 heavy (non-hydrogen) atoms. The molecule has 1 atom stereocenters. The number of furan rings is 1. The lowest BCUT2D eigenvalue weighted by molar-refractivity contribution is -0.128. The third kappa shape index (κ3) is 2.39. The number of hydrogen-bond acceptors (Lipinski definition) is 6. The molecule has 1 saturated heterocycles. The van der Waals surface area contributed by atoms with Gasteiger partial charge in [0.2, 0.25) is 11.7 Å². The number of nitrogens with one attached hydrogen (secondary N) is 1. The molecule has 0 radical (unpaired) electrons. The highest BCUT2D eigenvalue weighted by atomic mass is 16.5. The maximum atomic E-state index is 12.1. The Bertz CT molecular complexity index is 662. The second-order valence-corrected chi connectivity index (χ2v) is 5.12. The molecule has 0 unspecified atom stereocenters. The van der Waals surface area contributed by atoms with Crippen molar-refractivity contribution in [3.05, 3.63) is 24.5 Å². The number of urea groups is 1. The predicted molar refractivity (Wildman–Crippen MR) is 69.7 cm³/mol. The zero-order valence-corrected chi connectivity index (χ0v) is 11.6. The van der Waals surface area contributed by atoms with Gasteiger partial charge in [-0.1, -0.05) is 19.0 Å². The molecule has 8 nitrogen and oxygen atoms in total. The smallest absolute Gasteiger partial charge is 0.325 e. The van der Waals surface area contributed by atoms with Crippen LogP contribution >= 0.6 is 0 Å². The van der Waals surface area contributed by atoms with Gasteiger partial charge in [0.05, 0.1) is 11.8 Å². The highest BCUT2D eigenvalue weighted by Crippen LogP contribution is 2.19. The van der Waals surface area contributed by atoms with E-state index in [2.05, 4.69) is 15.5 Å². The quantitative estimate of drug-likeness (QED) is 0.854. The monoisotopic (exact) mass is 290 g/mol. The fourth-order valence-electron chi connectivity index (χ4n) is 2.11. The van der Waals surface area contributed by atoms with E-state index in [1.807, 2.05) is 13.8 Å². The average Bonchev–Trinajstić information content (AvgIpc) is 3.14. The van der Waals surface area contributed by atoms with Crippen LogP contribution in [0.2, 0.25) is 0 Å². The Balaban J connectivity index is 1.75. The van der Waals surface area contributed by atoms with Gasteiger partial charge in [0, 0.05) is 0 Å². The van der Waals surface area contributed by atoms with E-state index in [0.29, 0.717) is 11.4 Å². The number of aromatic nitrogens is 2. The molecule has 1 aliphatic rings. The van der Waals surface area contributed by atoms with Crippen LogP contribution in [0.3, 0.4) is 0 Å². The van der Waals surface area contributed by atoms with Crippen LogP contribution in [0.25, 0.3) is 11.4 Å². The van der Waals surface area contributed by atoms with Crippen molar-refractivity contribution in [2.45, 2.75) is 26.4 Å². The molecule has 3 heterocycles. The summed E-state index contributed by atoms with van der Waals surface area (Å²) in [5.74, 6) is 0.291. The molecule has 3 amide bonds. The van der Waals surface area contributed by atoms with Crippen LogP contribution in [0, 0.1) is 5.92 Å². The first-order chi connectivity index (χ1) is 10.1. The number of carbonyl (C=O) groups excluding carboxylic acids is 2. The van der Waals surface area contributed by atoms with E-state index in [-0.39, 0.29) is 24.3 Å². The summed E-state index contributed by atoms with van der Waals surface area (Å²) < 4.78 is 10.0. The van der Waals surface area contributed by atoms with Crippen molar-refractivity contribution in [1.29, 1.82) is 0 Å². The van der Waals surface area contributed by atoms with Gasteiger partial charge in [-0.25, -0.2) is 4.79 Å². The second kappa shape index (κ2) is 5.04. The van der Waals surface area contributed by atoms with E-state index in [1.54, 1.807) is 6.07 Å². The summed E-state index contributed by atoms with van der Waals surface area (Å²) in [7, 11) is 0. The van der Waals surface area contributed by atoms with E-state index >= 15 is 0 Å². The largest absolute Gasteiger partial charge is 0.472 e. The lowest BCUT2D eigenvalue weighted by atomic mass is 10.1. The molecule has 8 heteroatoms. The SMILES string of the molecule is CC(C)[C@@H]1NC(=O)N(Cc2nc(-c3ccoc3)no2)C1=O. The highest BCUT2D eigenvalue weighted by Gasteiger charge is 2.40. The zero-order valence-electron chi connectivity index (χ0n) is 11.6. The number of amides is 3. The Kier molecular flexibility index (Phi) is 3.20. The first kappa shape index (κ1) is 13.3. The number of imide groups is 1. The Labute approximate surface area is 120 Å². The molecule has 0 aromatic carbocycles. The number of hydrogen-bond donors (Lipinski definition) is 1. The molecule has 2 aromatic heterocycles. The molecule has 1 fully saturated rings. The minimum Gasteiger partial charge on any atom is -0.472 e. The van der Waals surface area contributed by atoms with Gasteiger partial charge in [0.1, 0.15) is 18.8 Å². The molecule has 1 aliphatic heterocycles. The fraction of sp³-hybridized carbons (Fsp3) is 0.385. The highest BCUT2D eigenvalue weighted by molar-refractivity contribution is 6.04. The van der Waals surface area contributed by atoms with E-state index in [4.69, 9.17) is 8.94 Å². The number of carbonyl (C=O) groups is 2. The summed E-state index contributed by atoms with van der Waals surface area (Å²) in [6.45, 7) is 3.70. The van der Waals surface area contributed by atoms with Crippen molar-refractivity contribution in [2.75, 3.05) is 0 Å². The lowest BCUT2D eigenvalue weighted by Gasteiger charge is -2.12. The van der Waals surface area contributed by atoms with Crippen LogP contribution in [-0.2, 0) is 11.3 Å². The van der Waals surface area contributed by atoms with Crippen molar-refractivity contribution in [3.8, 4) is 11.4 Å². The van der Waals surface area contributed by atoms with Crippen LogP contribution in [0.5, 0.6) is 0 Å². The summed E-state index contributed by atoms with van der Waals surface area (Å²) in [4.78, 5) is 29.2. The molecular formula is C13H14N4O4. The topological polar surface area (TPSA) is 101 Å². The van der Waals surface area contributed by atoms with E-state index in [1.165, 1.54) is 12.5 Å². The standard InChI is InChI=1S/C13H14N4O4/c1-7(2)10-12(18)17(13(19)15-10)5-9-14-11(16-21-9)8-3-4-20-6-8/h3-4,6-7,10H,5H2,1-2H3,(H,15,19)/t10-/m0/s1. The summed E-state index contributed by atoms with van der Waals surface area (Å²) in [5, 5.41) is 6.43. The van der Waals surface area contributed by atoms with Crippen LogP contribution in [0.4, 0.5) is 4.79 Å². The molecule has 0 spiro atoms. The molecule has 2 aromatic rings. The van der Waals surface area contributed by atoms with Crippen LogP contribution < -0.4 is 5.32 Å². The molecule has 0 aliphatic carbocycles. The van der Waals surface area contributed by atoms with Crippen LogP contribution in [-0.4, -0.2) is 33.0 Å². The van der Waals surface area contributed by atoms with E-state index in [0.717, 1.165) is 4.90 Å². The van der Waals surface area contributed by atoms with Gasteiger partial charge in [0.25, 0.3) is 5.91 Å². The predicted octanol–water partition coefficient (Wildman–Crippen LogP) is 1.41. The minimum atomic E-state index is -0.506. The lowest BCUT2D eigenvalue weighted by Crippen LogP contribution is -2.34. The van der Waals surface area contributed by atoms with Crippen LogP contribution in [0.1, 0.15) is 19.7 Å². The molecule has 0 bridgehead atoms. The molecule has 1 N–H and O–H groups in total. The Morgan fingerprint density at radius 3 is 2.86 bits per heavy atom. The maximum absolute atomic E-state index is 12.1. The Morgan fingerprint density at radius 1 is 1.43 bits per heavy atom.